The van der Waals surface area contributed by atoms with Gasteiger partial charge in [0.2, 0.25) is 5.75 Å². The Morgan fingerprint density at radius 2 is 1.40 bits per heavy atom. The molecule has 0 radical (unpaired) electrons. The maximum Gasteiger partial charge on any atom is 0.343 e. The van der Waals surface area contributed by atoms with Gasteiger partial charge in [0.15, 0.2) is 11.5 Å². The molecule has 0 saturated carbocycles. The van der Waals surface area contributed by atoms with Crippen molar-refractivity contribution in [3.63, 3.8) is 0 Å². The molecule has 0 amide bonds. The van der Waals surface area contributed by atoms with Gasteiger partial charge in [0.25, 0.3) is 0 Å². The Labute approximate surface area is 145 Å². The van der Waals surface area contributed by atoms with Crippen LogP contribution in [-0.4, -0.2) is 27.3 Å². The van der Waals surface area contributed by atoms with Crippen LogP contribution in [0.2, 0.25) is 0 Å². The van der Waals surface area contributed by atoms with Gasteiger partial charge in [-0.05, 0) is 35.0 Å². The molecular weight excluding hydrogens is 320 g/mol. The van der Waals surface area contributed by atoms with E-state index < -0.39 is 5.97 Å². The summed E-state index contributed by atoms with van der Waals surface area (Å²) in [6.07, 6.45) is 0. The van der Waals surface area contributed by atoms with E-state index in [9.17, 15) is 4.79 Å². The summed E-state index contributed by atoms with van der Waals surface area (Å²) in [4.78, 5) is 12.5. The second kappa shape index (κ2) is 7.13. The normalized spacial score (nSPS) is 10.4. The van der Waals surface area contributed by atoms with Gasteiger partial charge in [-0.15, -0.1) is 0 Å². The molecule has 0 unspecified atom stereocenters. The van der Waals surface area contributed by atoms with Crippen LogP contribution >= 0.6 is 0 Å². The number of benzene rings is 3. The molecule has 0 atom stereocenters. The van der Waals surface area contributed by atoms with Crippen LogP contribution in [0.5, 0.6) is 23.0 Å². The number of hydrogen-bond donors (Lipinski definition) is 0. The topological polar surface area (TPSA) is 54.0 Å². The summed E-state index contributed by atoms with van der Waals surface area (Å²) >= 11 is 0. The van der Waals surface area contributed by atoms with Crippen molar-refractivity contribution in [2.45, 2.75) is 0 Å². The van der Waals surface area contributed by atoms with Crippen LogP contribution in [0.1, 0.15) is 10.4 Å². The molecule has 5 heteroatoms. The highest BCUT2D eigenvalue weighted by molar-refractivity contribution is 5.93. The number of methoxy groups -OCH3 is 3. The van der Waals surface area contributed by atoms with Crippen LogP contribution in [0.15, 0.2) is 54.6 Å². The van der Waals surface area contributed by atoms with E-state index in [0.29, 0.717) is 28.6 Å². The van der Waals surface area contributed by atoms with Gasteiger partial charge < -0.3 is 18.9 Å². The maximum absolute atomic E-state index is 12.5. The van der Waals surface area contributed by atoms with Crippen molar-refractivity contribution in [2.75, 3.05) is 21.3 Å². The standard InChI is InChI=1S/C20H18O5/c1-22-17-11-15(12-18(23-2)19(17)24-3)20(21)25-16-9-8-13-6-4-5-7-14(13)10-16/h4-12H,1-3H3. The van der Waals surface area contributed by atoms with Gasteiger partial charge in [-0.3, -0.25) is 0 Å². The Hall–Kier alpha value is -3.21. The van der Waals surface area contributed by atoms with Gasteiger partial charge >= 0.3 is 5.97 Å². The van der Waals surface area contributed by atoms with Crippen molar-refractivity contribution in [3.05, 3.63) is 60.2 Å². The molecule has 25 heavy (non-hydrogen) atoms. The van der Waals surface area contributed by atoms with E-state index in [4.69, 9.17) is 18.9 Å². The van der Waals surface area contributed by atoms with Crippen molar-refractivity contribution in [1.82, 2.24) is 0 Å². The molecule has 0 N–H and O–H groups in total. The average Bonchev–Trinajstić information content (AvgIpc) is 2.66. The number of esters is 1. The largest absolute Gasteiger partial charge is 0.493 e. The molecule has 3 aromatic rings. The van der Waals surface area contributed by atoms with Gasteiger partial charge in [0.1, 0.15) is 5.75 Å². The zero-order valence-corrected chi connectivity index (χ0v) is 14.2. The van der Waals surface area contributed by atoms with Crippen LogP contribution < -0.4 is 18.9 Å². The first-order valence-corrected chi connectivity index (χ1v) is 7.67. The van der Waals surface area contributed by atoms with Crippen molar-refractivity contribution < 1.29 is 23.7 Å². The van der Waals surface area contributed by atoms with E-state index in [2.05, 4.69) is 0 Å². The highest BCUT2D eigenvalue weighted by atomic mass is 16.5. The first kappa shape index (κ1) is 16.6. The van der Waals surface area contributed by atoms with Gasteiger partial charge in [-0.1, -0.05) is 30.3 Å². The van der Waals surface area contributed by atoms with Crippen LogP contribution in [0.4, 0.5) is 0 Å². The molecule has 0 aliphatic heterocycles. The Balaban J connectivity index is 1.91. The molecule has 3 aromatic carbocycles. The Kier molecular flexibility index (Phi) is 4.75. The second-order valence-electron chi connectivity index (χ2n) is 5.31. The molecule has 0 heterocycles. The van der Waals surface area contributed by atoms with E-state index >= 15 is 0 Å². The summed E-state index contributed by atoms with van der Waals surface area (Å²) in [5.74, 6) is 1.18. The molecule has 0 bridgehead atoms. The number of carbonyl (C=O) groups is 1. The first-order valence-electron chi connectivity index (χ1n) is 7.67. The van der Waals surface area contributed by atoms with Gasteiger partial charge in [0, 0.05) is 0 Å². The molecule has 0 aromatic heterocycles. The van der Waals surface area contributed by atoms with Crippen molar-refractivity contribution in [1.29, 1.82) is 0 Å². The van der Waals surface area contributed by atoms with E-state index in [1.807, 2.05) is 36.4 Å². The fourth-order valence-electron chi connectivity index (χ4n) is 2.60. The molecule has 0 fully saturated rings. The monoisotopic (exact) mass is 338 g/mol. The summed E-state index contributed by atoms with van der Waals surface area (Å²) in [5.41, 5.74) is 0.308. The Morgan fingerprint density at radius 1 is 0.760 bits per heavy atom. The number of rotatable bonds is 5. The van der Waals surface area contributed by atoms with E-state index in [1.54, 1.807) is 18.2 Å². The minimum atomic E-state index is -0.505. The van der Waals surface area contributed by atoms with E-state index in [0.717, 1.165) is 10.8 Å². The first-order chi connectivity index (χ1) is 12.2. The van der Waals surface area contributed by atoms with Gasteiger partial charge in [-0.2, -0.15) is 0 Å². The summed E-state index contributed by atoms with van der Waals surface area (Å²) in [6, 6.07) is 16.5. The third kappa shape index (κ3) is 3.35. The Morgan fingerprint density at radius 3 is 2.00 bits per heavy atom. The third-order valence-corrected chi connectivity index (χ3v) is 3.83. The summed E-state index contributed by atoms with van der Waals surface area (Å²) in [5, 5.41) is 2.08. The molecule has 0 aliphatic rings. The van der Waals surface area contributed by atoms with Crippen LogP contribution in [0, 0.1) is 0 Å². The zero-order valence-electron chi connectivity index (χ0n) is 14.2. The minimum Gasteiger partial charge on any atom is -0.493 e. The van der Waals surface area contributed by atoms with Crippen molar-refractivity contribution in [2.24, 2.45) is 0 Å². The molecule has 0 spiro atoms. The summed E-state index contributed by atoms with van der Waals surface area (Å²) in [7, 11) is 4.50. The second-order valence-corrected chi connectivity index (χ2v) is 5.31. The van der Waals surface area contributed by atoms with Crippen LogP contribution in [0.3, 0.4) is 0 Å². The third-order valence-electron chi connectivity index (χ3n) is 3.83. The number of fused-ring (bicyclic) bond motifs is 1. The van der Waals surface area contributed by atoms with Crippen LogP contribution in [-0.2, 0) is 0 Å². The quantitative estimate of drug-likeness (QED) is 0.518. The average molecular weight is 338 g/mol. The molecule has 3 rings (SSSR count). The SMILES string of the molecule is COc1cc(C(=O)Oc2ccc3ccccc3c2)cc(OC)c1OC. The fraction of sp³-hybridized carbons (Fsp3) is 0.150. The van der Waals surface area contributed by atoms with Gasteiger partial charge in [0.05, 0.1) is 26.9 Å². The smallest absolute Gasteiger partial charge is 0.343 e. The van der Waals surface area contributed by atoms with Gasteiger partial charge in [-0.25, -0.2) is 4.79 Å². The molecule has 0 saturated heterocycles. The maximum atomic E-state index is 12.5. The predicted molar refractivity (Wildman–Crippen MR) is 95.0 cm³/mol. The Bertz CT molecular complexity index is 892. The fourth-order valence-corrected chi connectivity index (χ4v) is 2.60. The number of hydrogen-bond acceptors (Lipinski definition) is 5. The molecular formula is C20H18O5. The minimum absolute atomic E-state index is 0.308. The molecule has 128 valence electrons. The lowest BCUT2D eigenvalue weighted by atomic mass is 10.1. The van der Waals surface area contributed by atoms with Crippen molar-refractivity contribution >= 4 is 16.7 Å². The van der Waals surface area contributed by atoms with Crippen LogP contribution in [0.25, 0.3) is 10.8 Å². The zero-order chi connectivity index (χ0) is 17.8. The lowest BCUT2D eigenvalue weighted by Crippen LogP contribution is -2.09. The number of ether oxygens (including phenoxy) is 4. The lowest BCUT2D eigenvalue weighted by molar-refractivity contribution is 0.0734. The highest BCUT2D eigenvalue weighted by Crippen LogP contribution is 2.38. The predicted octanol–water partition coefficient (Wildman–Crippen LogP) is 4.08. The lowest BCUT2D eigenvalue weighted by Gasteiger charge is -2.13. The van der Waals surface area contributed by atoms with Crippen molar-refractivity contribution in [3.8, 4) is 23.0 Å². The highest BCUT2D eigenvalue weighted by Gasteiger charge is 2.18. The summed E-state index contributed by atoms with van der Waals surface area (Å²) in [6.45, 7) is 0. The van der Waals surface area contributed by atoms with E-state index in [1.165, 1.54) is 21.3 Å². The number of carbonyl (C=O) groups excluding carboxylic acids is 1. The molecule has 5 nitrogen and oxygen atoms in total. The van der Waals surface area contributed by atoms with E-state index in [-0.39, 0.29) is 0 Å². The summed E-state index contributed by atoms with van der Waals surface area (Å²) < 4.78 is 21.3. The molecule has 0 aliphatic carbocycles.